The van der Waals surface area contributed by atoms with Crippen LogP contribution in [-0.2, 0) is 9.53 Å². The van der Waals surface area contributed by atoms with Gasteiger partial charge in [0.25, 0.3) is 0 Å². The first kappa shape index (κ1) is 26.4. The van der Waals surface area contributed by atoms with Crippen LogP contribution in [0.25, 0.3) is 27.4 Å². The minimum absolute atomic E-state index is 0.0454. The Morgan fingerprint density at radius 3 is 2.84 bits per heavy atom. The lowest BCUT2D eigenvalue weighted by Crippen LogP contribution is -2.65. The van der Waals surface area contributed by atoms with Crippen molar-refractivity contribution in [2.24, 2.45) is 11.3 Å². The van der Waals surface area contributed by atoms with Gasteiger partial charge in [0, 0.05) is 48.3 Å². The molecule has 2 aromatic heterocycles. The Kier molecular flexibility index (Phi) is 5.83. The van der Waals surface area contributed by atoms with Crippen molar-refractivity contribution >= 4 is 33.2 Å². The van der Waals surface area contributed by atoms with Gasteiger partial charge in [-0.1, -0.05) is 24.3 Å². The number of pyridine rings is 1. The van der Waals surface area contributed by atoms with E-state index in [2.05, 4.69) is 45.1 Å². The monoisotopic (exact) mass is 578 g/mol. The molecule has 0 amide bonds. The molecule has 7 heteroatoms. The van der Waals surface area contributed by atoms with E-state index in [0.717, 1.165) is 98.6 Å². The lowest BCUT2D eigenvalue weighted by molar-refractivity contribution is -0.180. The van der Waals surface area contributed by atoms with Gasteiger partial charge in [0.15, 0.2) is 0 Å². The number of aromatic hydroxyl groups is 1. The number of nitrogens with one attached hydrogen (secondary N) is 1. The minimum Gasteiger partial charge on any atom is -0.506 e. The van der Waals surface area contributed by atoms with Crippen molar-refractivity contribution < 1.29 is 14.6 Å². The summed E-state index contributed by atoms with van der Waals surface area (Å²) >= 11 is 0. The number of aromatic nitrogens is 2. The molecule has 3 aromatic rings. The van der Waals surface area contributed by atoms with E-state index < -0.39 is 5.60 Å². The number of ketones is 1. The first-order valence-corrected chi connectivity index (χ1v) is 16.7. The number of fused-ring (bicyclic) bond motifs is 4. The second kappa shape index (κ2) is 9.50. The third-order valence-electron chi connectivity index (χ3n) is 12.0. The summed E-state index contributed by atoms with van der Waals surface area (Å²) in [5.74, 6) is 1.04. The fourth-order valence-electron chi connectivity index (χ4n) is 10.5. The second-order valence-corrected chi connectivity index (χ2v) is 14.3. The molecule has 4 saturated heterocycles. The van der Waals surface area contributed by atoms with Crippen LogP contribution in [-0.4, -0.2) is 74.2 Å². The maximum atomic E-state index is 12.8. The summed E-state index contributed by atoms with van der Waals surface area (Å²) in [6, 6.07) is 8.14. The Hall–Kier alpha value is -3.00. The summed E-state index contributed by atoms with van der Waals surface area (Å²) in [4.78, 5) is 27.0. The van der Waals surface area contributed by atoms with Gasteiger partial charge in [-0.3, -0.25) is 14.7 Å². The van der Waals surface area contributed by atoms with Gasteiger partial charge in [-0.15, -0.1) is 0 Å². The van der Waals surface area contributed by atoms with Crippen LogP contribution in [0.4, 0.5) is 0 Å². The van der Waals surface area contributed by atoms with Crippen LogP contribution in [0.5, 0.6) is 5.75 Å². The van der Waals surface area contributed by atoms with Crippen molar-refractivity contribution in [1.82, 2.24) is 19.8 Å². The van der Waals surface area contributed by atoms with Gasteiger partial charge in [0.1, 0.15) is 22.9 Å². The van der Waals surface area contributed by atoms with E-state index in [0.29, 0.717) is 30.6 Å². The van der Waals surface area contributed by atoms with Crippen LogP contribution in [0.2, 0.25) is 0 Å². The Labute approximate surface area is 253 Å². The molecule has 43 heavy (non-hydrogen) atoms. The Bertz CT molecular complexity index is 1690. The Balaban J connectivity index is 1.28. The van der Waals surface area contributed by atoms with Crippen LogP contribution < -0.4 is 0 Å². The van der Waals surface area contributed by atoms with Crippen molar-refractivity contribution in [2.45, 2.75) is 88.0 Å². The molecule has 4 fully saturated rings. The molecule has 5 bridgehead atoms. The number of carbonyl (C=O) groups excluding carboxylic acids is 1. The first-order chi connectivity index (χ1) is 21.0. The SMILES string of the molecule is O=C1CCCN2C3[C@]45CN6CCCC/C=C\CC[C@]3(C=C(c3nccc7c3[nH]c3c(O)cccc37)[C@H]4CC6)O[C@@]2(CC1)C5. The summed E-state index contributed by atoms with van der Waals surface area (Å²) in [6.45, 7) is 4.30. The molecule has 6 aliphatic rings. The number of phenols is 1. The lowest BCUT2D eigenvalue weighted by atomic mass is 9.53. The highest BCUT2D eigenvalue weighted by Gasteiger charge is 2.77. The number of rotatable bonds is 1. The molecule has 7 heterocycles. The molecule has 224 valence electrons. The molecule has 6 atom stereocenters. The average molecular weight is 579 g/mol. The highest BCUT2D eigenvalue weighted by molar-refractivity contribution is 6.11. The first-order valence-electron chi connectivity index (χ1n) is 16.7. The number of ether oxygens (including phenoxy) is 1. The molecular formula is C36H42N4O3. The maximum Gasteiger partial charge on any atom is 0.139 e. The van der Waals surface area contributed by atoms with Gasteiger partial charge < -0.3 is 19.7 Å². The van der Waals surface area contributed by atoms with Crippen molar-refractivity contribution in [3.05, 3.63) is 54.4 Å². The van der Waals surface area contributed by atoms with E-state index in [-0.39, 0.29) is 16.9 Å². The number of hydrogen-bond donors (Lipinski definition) is 2. The standard InChI is InChI=1S/C36H42N4O3/c41-24-9-8-19-40-33-34-22-36(40,16-12-24)43-35(33)15-5-3-1-2-4-6-18-39(23-34)20-14-28(34)27(21-35)31-32-26(13-17-37-31)25-10-7-11-29(42)30(25)38-32/h1,3,7,10-11,13,17,21,28,33,38,42H,2,4-6,8-9,12,14-16,18-20,22-23H2/b3-1-/t28-,33?,34-,35-,36+/m1/s1. The van der Waals surface area contributed by atoms with Crippen LogP contribution >= 0.6 is 0 Å². The molecule has 2 N–H and O–H groups in total. The van der Waals surface area contributed by atoms with Crippen LogP contribution in [0.1, 0.15) is 76.3 Å². The van der Waals surface area contributed by atoms with E-state index in [4.69, 9.17) is 9.72 Å². The second-order valence-electron chi connectivity index (χ2n) is 14.3. The third-order valence-corrected chi connectivity index (χ3v) is 12.0. The quantitative estimate of drug-likeness (QED) is 0.329. The van der Waals surface area contributed by atoms with E-state index >= 15 is 0 Å². The topological polar surface area (TPSA) is 81.7 Å². The fourth-order valence-corrected chi connectivity index (χ4v) is 10.5. The Morgan fingerprint density at radius 2 is 1.88 bits per heavy atom. The molecule has 1 aliphatic carbocycles. The molecule has 2 unspecified atom stereocenters. The van der Waals surface area contributed by atoms with Gasteiger partial charge in [-0.25, -0.2) is 0 Å². The smallest absolute Gasteiger partial charge is 0.139 e. The maximum absolute atomic E-state index is 12.8. The number of allylic oxidation sites excluding steroid dienone is 3. The van der Waals surface area contributed by atoms with Crippen LogP contribution in [0.15, 0.2) is 48.7 Å². The number of aromatic amines is 1. The largest absolute Gasteiger partial charge is 0.506 e. The van der Waals surface area contributed by atoms with Gasteiger partial charge in [0.2, 0.25) is 0 Å². The molecule has 0 saturated carbocycles. The summed E-state index contributed by atoms with van der Waals surface area (Å²) in [5.41, 5.74) is 3.40. The number of piperidine rings is 1. The number of H-pyrrole nitrogens is 1. The zero-order valence-corrected chi connectivity index (χ0v) is 25.0. The van der Waals surface area contributed by atoms with E-state index in [9.17, 15) is 9.90 Å². The summed E-state index contributed by atoms with van der Waals surface area (Å²) < 4.78 is 7.51. The third kappa shape index (κ3) is 3.71. The number of benzene rings is 1. The highest BCUT2D eigenvalue weighted by Crippen LogP contribution is 2.70. The summed E-state index contributed by atoms with van der Waals surface area (Å²) in [6.07, 6.45) is 20.0. The molecular weight excluding hydrogens is 536 g/mol. The minimum atomic E-state index is -0.420. The molecule has 7 nitrogen and oxygen atoms in total. The van der Waals surface area contributed by atoms with Crippen molar-refractivity contribution in [1.29, 1.82) is 0 Å². The fraction of sp³-hybridized carbons (Fsp3) is 0.556. The normalized spacial score (nSPS) is 38.6. The van der Waals surface area contributed by atoms with Gasteiger partial charge in [-0.05, 0) is 101 Å². The number of phenolic OH excluding ortho intramolecular Hbond substituents is 1. The van der Waals surface area contributed by atoms with Crippen molar-refractivity contribution in [3.63, 3.8) is 0 Å². The predicted octanol–water partition coefficient (Wildman–Crippen LogP) is 6.33. The van der Waals surface area contributed by atoms with Crippen molar-refractivity contribution in [2.75, 3.05) is 26.2 Å². The summed E-state index contributed by atoms with van der Waals surface area (Å²) in [7, 11) is 0. The number of Topliss-reactive ketones (excluding diaryl/α,β-unsaturated/α-hetero) is 1. The molecule has 0 radical (unpaired) electrons. The zero-order valence-electron chi connectivity index (χ0n) is 25.0. The zero-order chi connectivity index (χ0) is 28.8. The van der Waals surface area contributed by atoms with E-state index in [1.54, 1.807) is 6.07 Å². The van der Waals surface area contributed by atoms with Gasteiger partial charge >= 0.3 is 0 Å². The average Bonchev–Trinajstić information content (AvgIpc) is 3.59. The number of para-hydroxylation sites is 1. The predicted molar refractivity (Wildman–Crippen MR) is 168 cm³/mol. The number of hydrogen-bond acceptors (Lipinski definition) is 6. The molecule has 1 spiro atoms. The van der Waals surface area contributed by atoms with Gasteiger partial charge in [-0.2, -0.15) is 0 Å². The van der Waals surface area contributed by atoms with Crippen LogP contribution in [0.3, 0.4) is 0 Å². The van der Waals surface area contributed by atoms with E-state index in [1.807, 2.05) is 12.3 Å². The Morgan fingerprint density at radius 1 is 0.977 bits per heavy atom. The van der Waals surface area contributed by atoms with Gasteiger partial charge in [0.05, 0.1) is 22.8 Å². The van der Waals surface area contributed by atoms with E-state index in [1.165, 1.54) is 18.4 Å². The molecule has 1 aromatic carbocycles. The number of nitrogens with zero attached hydrogens (tertiary/aromatic N) is 3. The highest BCUT2D eigenvalue weighted by atomic mass is 16.6. The van der Waals surface area contributed by atoms with Crippen molar-refractivity contribution in [3.8, 4) is 5.75 Å². The lowest BCUT2D eigenvalue weighted by Gasteiger charge is -2.59. The number of carbonyl (C=O) groups is 1. The summed E-state index contributed by atoms with van der Waals surface area (Å²) in [5, 5.41) is 12.9. The van der Waals surface area contributed by atoms with Crippen LogP contribution in [0, 0.1) is 11.3 Å². The molecule has 9 rings (SSSR count). The molecule has 5 aliphatic heterocycles.